The zero-order valence-corrected chi connectivity index (χ0v) is 15.8. The van der Waals surface area contributed by atoms with Crippen molar-refractivity contribution in [3.8, 4) is 0 Å². The standard InChI is InChI=1S/C21H22N6O2/c28-20(15-7-2-1-3-8-15)24-17-13-23-26-19(17)16-9-6-12-27(14-16)21(29)25-18-10-4-5-11-22-18/h1-5,7-8,10-11,13,16H,6,9,12,14H2,(H,23,26)(H,24,28)(H,22,25,29). The van der Waals surface area contributed by atoms with Crippen molar-refractivity contribution in [2.24, 2.45) is 0 Å². The van der Waals surface area contributed by atoms with Gasteiger partial charge in [0, 0.05) is 30.8 Å². The van der Waals surface area contributed by atoms with E-state index in [1.165, 1.54) is 0 Å². The normalized spacial score (nSPS) is 16.3. The minimum absolute atomic E-state index is 0.0619. The van der Waals surface area contributed by atoms with Crippen LogP contribution < -0.4 is 10.6 Å². The van der Waals surface area contributed by atoms with Gasteiger partial charge in [0.05, 0.1) is 17.6 Å². The maximum Gasteiger partial charge on any atom is 0.323 e. The van der Waals surface area contributed by atoms with Crippen molar-refractivity contribution in [3.63, 3.8) is 0 Å². The van der Waals surface area contributed by atoms with Crippen LogP contribution in [0.1, 0.15) is 34.8 Å². The molecule has 3 heterocycles. The molecular formula is C21H22N6O2. The van der Waals surface area contributed by atoms with E-state index in [1.54, 1.807) is 41.6 Å². The van der Waals surface area contributed by atoms with Crippen molar-refractivity contribution in [2.75, 3.05) is 23.7 Å². The number of H-pyrrole nitrogens is 1. The number of carbonyl (C=O) groups excluding carboxylic acids is 2. The van der Waals surface area contributed by atoms with Crippen molar-refractivity contribution in [1.29, 1.82) is 0 Å². The summed E-state index contributed by atoms with van der Waals surface area (Å²) in [5.41, 5.74) is 2.07. The molecule has 8 heteroatoms. The molecule has 0 spiro atoms. The van der Waals surface area contributed by atoms with Gasteiger partial charge in [0.1, 0.15) is 5.82 Å². The summed E-state index contributed by atoms with van der Waals surface area (Å²) in [6.07, 6.45) is 5.03. The number of likely N-dealkylation sites (tertiary alicyclic amines) is 1. The zero-order valence-electron chi connectivity index (χ0n) is 15.8. The lowest BCUT2D eigenvalue weighted by molar-refractivity contribution is 0.102. The fourth-order valence-electron chi connectivity index (χ4n) is 3.51. The van der Waals surface area contributed by atoms with Gasteiger partial charge in [0.2, 0.25) is 0 Å². The molecule has 1 aliphatic heterocycles. The molecule has 0 saturated carbocycles. The smallest absolute Gasteiger partial charge is 0.323 e. The van der Waals surface area contributed by atoms with Gasteiger partial charge in [-0.25, -0.2) is 9.78 Å². The van der Waals surface area contributed by atoms with Gasteiger partial charge in [-0.1, -0.05) is 24.3 Å². The van der Waals surface area contributed by atoms with Crippen molar-refractivity contribution in [1.82, 2.24) is 20.1 Å². The molecule has 1 unspecified atom stereocenters. The summed E-state index contributed by atoms with van der Waals surface area (Å²) >= 11 is 0. The summed E-state index contributed by atoms with van der Waals surface area (Å²) in [5, 5.41) is 12.9. The number of hydrogen-bond acceptors (Lipinski definition) is 4. The molecule has 148 valence electrons. The predicted octanol–water partition coefficient (Wildman–Crippen LogP) is 3.47. The zero-order chi connectivity index (χ0) is 20.1. The summed E-state index contributed by atoms with van der Waals surface area (Å²) in [5.74, 6) is 0.401. The van der Waals surface area contributed by atoms with Crippen molar-refractivity contribution < 1.29 is 9.59 Å². The Hall–Kier alpha value is -3.68. The third kappa shape index (κ3) is 4.43. The summed E-state index contributed by atoms with van der Waals surface area (Å²) < 4.78 is 0. The number of hydrogen-bond donors (Lipinski definition) is 3. The van der Waals surface area contributed by atoms with Crippen LogP contribution in [-0.2, 0) is 0 Å². The Bertz CT molecular complexity index is 973. The number of urea groups is 1. The number of anilines is 2. The second-order valence-corrected chi connectivity index (χ2v) is 6.95. The van der Waals surface area contributed by atoms with E-state index in [-0.39, 0.29) is 17.9 Å². The lowest BCUT2D eigenvalue weighted by Crippen LogP contribution is -2.42. The largest absolute Gasteiger partial charge is 0.324 e. The number of aromatic amines is 1. The number of piperidine rings is 1. The van der Waals surface area contributed by atoms with Gasteiger partial charge in [-0.05, 0) is 37.1 Å². The predicted molar refractivity (Wildman–Crippen MR) is 110 cm³/mol. The van der Waals surface area contributed by atoms with Crippen LogP contribution in [0.3, 0.4) is 0 Å². The first-order valence-electron chi connectivity index (χ1n) is 9.57. The fraction of sp³-hybridized carbons (Fsp3) is 0.238. The summed E-state index contributed by atoms with van der Waals surface area (Å²) in [4.78, 5) is 31.0. The molecule has 3 N–H and O–H groups in total. The van der Waals surface area contributed by atoms with Gasteiger partial charge in [0.15, 0.2) is 0 Å². The van der Waals surface area contributed by atoms with Crippen LogP contribution in [0, 0.1) is 0 Å². The topological polar surface area (TPSA) is 103 Å². The number of aromatic nitrogens is 3. The van der Waals surface area contributed by atoms with Crippen LogP contribution in [0.15, 0.2) is 60.9 Å². The molecule has 3 aromatic rings. The molecule has 8 nitrogen and oxygen atoms in total. The van der Waals surface area contributed by atoms with Crippen molar-refractivity contribution in [2.45, 2.75) is 18.8 Å². The lowest BCUT2D eigenvalue weighted by atomic mass is 9.94. The monoisotopic (exact) mass is 390 g/mol. The van der Waals surface area contributed by atoms with Crippen LogP contribution >= 0.6 is 0 Å². The molecule has 1 aromatic carbocycles. The van der Waals surface area contributed by atoms with Crippen molar-refractivity contribution >= 4 is 23.4 Å². The fourth-order valence-corrected chi connectivity index (χ4v) is 3.51. The molecule has 1 saturated heterocycles. The number of amides is 3. The van der Waals surface area contributed by atoms with E-state index in [0.717, 1.165) is 18.5 Å². The van der Waals surface area contributed by atoms with Gasteiger partial charge >= 0.3 is 6.03 Å². The second kappa shape index (κ2) is 8.55. The first-order chi connectivity index (χ1) is 14.2. The van der Waals surface area contributed by atoms with E-state index in [1.807, 2.05) is 24.3 Å². The first kappa shape index (κ1) is 18.7. The summed E-state index contributed by atoms with van der Waals surface area (Å²) in [6, 6.07) is 14.2. The number of rotatable bonds is 4. The Morgan fingerprint density at radius 1 is 1.07 bits per heavy atom. The van der Waals surface area contributed by atoms with Crippen LogP contribution in [0.25, 0.3) is 0 Å². The summed E-state index contributed by atoms with van der Waals surface area (Å²) in [7, 11) is 0. The third-order valence-corrected chi connectivity index (χ3v) is 4.97. The Labute approximate surface area is 168 Å². The molecular weight excluding hydrogens is 368 g/mol. The van der Waals surface area contributed by atoms with Gasteiger partial charge in [-0.3, -0.25) is 15.2 Å². The molecule has 4 rings (SSSR count). The molecule has 0 radical (unpaired) electrons. The number of nitrogens with zero attached hydrogens (tertiary/aromatic N) is 3. The molecule has 0 aliphatic carbocycles. The maximum atomic E-state index is 12.6. The molecule has 3 amide bonds. The number of carbonyl (C=O) groups is 2. The molecule has 1 fully saturated rings. The van der Waals surface area contributed by atoms with E-state index in [0.29, 0.717) is 30.2 Å². The SMILES string of the molecule is O=C(Nc1cn[nH]c1C1CCCN(C(=O)Nc2ccccn2)C1)c1ccccc1. The Morgan fingerprint density at radius 2 is 1.90 bits per heavy atom. The molecule has 1 aliphatic rings. The highest BCUT2D eigenvalue weighted by Crippen LogP contribution is 2.30. The number of nitrogens with one attached hydrogen (secondary N) is 3. The Kier molecular flexibility index (Phi) is 5.51. The average Bonchev–Trinajstić information content (AvgIpc) is 3.23. The van der Waals surface area contributed by atoms with E-state index in [4.69, 9.17) is 0 Å². The van der Waals surface area contributed by atoms with Gasteiger partial charge in [-0.15, -0.1) is 0 Å². The molecule has 0 bridgehead atoms. The van der Waals surface area contributed by atoms with E-state index in [2.05, 4.69) is 25.8 Å². The quantitative estimate of drug-likeness (QED) is 0.635. The maximum absolute atomic E-state index is 12.6. The first-order valence-corrected chi connectivity index (χ1v) is 9.57. The van der Waals surface area contributed by atoms with Crippen LogP contribution in [0.4, 0.5) is 16.3 Å². The molecule has 1 atom stereocenters. The number of benzene rings is 1. The minimum atomic E-state index is -0.186. The third-order valence-electron chi connectivity index (χ3n) is 4.97. The van der Waals surface area contributed by atoms with E-state index >= 15 is 0 Å². The minimum Gasteiger partial charge on any atom is -0.324 e. The highest BCUT2D eigenvalue weighted by atomic mass is 16.2. The van der Waals surface area contributed by atoms with Gasteiger partial charge in [-0.2, -0.15) is 5.10 Å². The van der Waals surface area contributed by atoms with Crippen LogP contribution in [0.2, 0.25) is 0 Å². The molecule has 2 aromatic heterocycles. The summed E-state index contributed by atoms with van der Waals surface area (Å²) in [6.45, 7) is 1.21. The van der Waals surface area contributed by atoms with Crippen LogP contribution in [0.5, 0.6) is 0 Å². The van der Waals surface area contributed by atoms with E-state index in [9.17, 15) is 9.59 Å². The van der Waals surface area contributed by atoms with Gasteiger partial charge in [0.25, 0.3) is 5.91 Å². The average molecular weight is 390 g/mol. The number of pyridine rings is 1. The second-order valence-electron chi connectivity index (χ2n) is 6.95. The highest BCUT2D eigenvalue weighted by molar-refractivity contribution is 6.04. The van der Waals surface area contributed by atoms with Crippen LogP contribution in [-0.4, -0.2) is 45.1 Å². The van der Waals surface area contributed by atoms with Gasteiger partial charge < -0.3 is 10.2 Å². The van der Waals surface area contributed by atoms with Crippen molar-refractivity contribution in [3.05, 3.63) is 72.2 Å². The molecule has 29 heavy (non-hydrogen) atoms. The Balaban J connectivity index is 1.43. The van der Waals surface area contributed by atoms with E-state index < -0.39 is 0 Å². The lowest BCUT2D eigenvalue weighted by Gasteiger charge is -2.32. The highest BCUT2D eigenvalue weighted by Gasteiger charge is 2.28. The Morgan fingerprint density at radius 3 is 2.69 bits per heavy atom.